The minimum Gasteiger partial charge on any atom is -0.263 e. The fourth-order valence-corrected chi connectivity index (χ4v) is 3.01. The Kier molecular flexibility index (Phi) is 4.12. The Morgan fingerprint density at radius 3 is 2.85 bits per heavy atom. The number of nitrogens with one attached hydrogen (secondary N) is 2. The van der Waals surface area contributed by atoms with E-state index in [0.29, 0.717) is 23.4 Å². The molecule has 2 N–H and O–H groups in total. The molecule has 1 aromatic carbocycles. The number of sulfonamides is 1. The molecule has 0 saturated carbocycles. The van der Waals surface area contributed by atoms with E-state index in [-0.39, 0.29) is 11.4 Å². The standard InChI is InChI=1S/C12H13N5O2S/c1-9-6-10(7-13)2-3-11(9)20(18,19)16-5-4-12-14-8-15-17-12/h2-3,6,8,16H,4-5H2,1H3,(H,14,15,17). The molecule has 0 aliphatic heterocycles. The first kappa shape index (κ1) is 14.2. The molecule has 0 unspecified atom stereocenters. The van der Waals surface area contributed by atoms with Crippen molar-refractivity contribution in [3.05, 3.63) is 41.5 Å². The number of aromatic nitrogens is 3. The van der Waals surface area contributed by atoms with Crippen LogP contribution in [0.5, 0.6) is 0 Å². The Bertz CT molecular complexity index is 732. The molecule has 0 spiro atoms. The second kappa shape index (κ2) is 5.81. The lowest BCUT2D eigenvalue weighted by atomic mass is 10.2. The lowest BCUT2D eigenvalue weighted by Gasteiger charge is -2.08. The van der Waals surface area contributed by atoms with E-state index >= 15 is 0 Å². The molecular weight excluding hydrogens is 278 g/mol. The van der Waals surface area contributed by atoms with Crippen molar-refractivity contribution in [2.45, 2.75) is 18.2 Å². The largest absolute Gasteiger partial charge is 0.263 e. The van der Waals surface area contributed by atoms with Crippen molar-refractivity contribution in [2.24, 2.45) is 0 Å². The highest BCUT2D eigenvalue weighted by atomic mass is 32.2. The van der Waals surface area contributed by atoms with Gasteiger partial charge in [-0.05, 0) is 30.7 Å². The zero-order chi connectivity index (χ0) is 14.6. The van der Waals surface area contributed by atoms with Gasteiger partial charge in [-0.3, -0.25) is 5.10 Å². The quantitative estimate of drug-likeness (QED) is 0.833. The highest BCUT2D eigenvalue weighted by Crippen LogP contribution is 2.16. The minimum absolute atomic E-state index is 0.175. The Morgan fingerprint density at radius 2 is 2.25 bits per heavy atom. The Balaban J connectivity index is 2.08. The van der Waals surface area contributed by atoms with Crippen LogP contribution in [0.3, 0.4) is 0 Å². The lowest BCUT2D eigenvalue weighted by Crippen LogP contribution is -2.26. The summed E-state index contributed by atoms with van der Waals surface area (Å²) in [6.07, 6.45) is 1.79. The predicted molar refractivity (Wildman–Crippen MR) is 71.2 cm³/mol. The molecule has 0 radical (unpaired) electrons. The number of hydrogen-bond acceptors (Lipinski definition) is 5. The van der Waals surface area contributed by atoms with Gasteiger partial charge in [0.15, 0.2) is 0 Å². The third kappa shape index (κ3) is 3.20. The summed E-state index contributed by atoms with van der Waals surface area (Å²) in [6, 6.07) is 6.44. The van der Waals surface area contributed by atoms with Gasteiger partial charge < -0.3 is 0 Å². The van der Waals surface area contributed by atoms with E-state index < -0.39 is 10.0 Å². The molecule has 1 aromatic heterocycles. The number of benzene rings is 1. The Morgan fingerprint density at radius 1 is 1.45 bits per heavy atom. The van der Waals surface area contributed by atoms with Crippen molar-refractivity contribution in [2.75, 3.05) is 6.54 Å². The van der Waals surface area contributed by atoms with Crippen LogP contribution in [-0.2, 0) is 16.4 Å². The van der Waals surface area contributed by atoms with Crippen molar-refractivity contribution in [1.82, 2.24) is 19.9 Å². The molecule has 20 heavy (non-hydrogen) atoms. The number of nitriles is 1. The maximum atomic E-state index is 12.1. The molecule has 7 nitrogen and oxygen atoms in total. The lowest BCUT2D eigenvalue weighted by molar-refractivity contribution is 0.580. The topological polar surface area (TPSA) is 112 Å². The number of hydrogen-bond donors (Lipinski definition) is 2. The van der Waals surface area contributed by atoms with E-state index in [1.165, 1.54) is 18.5 Å². The fourth-order valence-electron chi connectivity index (χ4n) is 1.75. The predicted octanol–water partition coefficient (Wildman–Crippen LogP) is 0.506. The van der Waals surface area contributed by atoms with Crippen molar-refractivity contribution >= 4 is 10.0 Å². The second-order valence-electron chi connectivity index (χ2n) is 4.17. The fraction of sp³-hybridized carbons (Fsp3) is 0.250. The van der Waals surface area contributed by atoms with Gasteiger partial charge in [0.05, 0.1) is 16.5 Å². The van der Waals surface area contributed by atoms with Crippen LogP contribution in [0, 0.1) is 18.3 Å². The zero-order valence-corrected chi connectivity index (χ0v) is 11.6. The van der Waals surface area contributed by atoms with Crippen LogP contribution in [0.4, 0.5) is 0 Å². The summed E-state index contributed by atoms with van der Waals surface area (Å²) in [6.45, 7) is 1.88. The molecule has 104 valence electrons. The molecule has 1 heterocycles. The van der Waals surface area contributed by atoms with Crippen LogP contribution >= 0.6 is 0 Å². The van der Waals surface area contributed by atoms with Crippen molar-refractivity contribution in [1.29, 1.82) is 5.26 Å². The molecule has 0 saturated heterocycles. The maximum absolute atomic E-state index is 12.1. The van der Waals surface area contributed by atoms with Crippen LogP contribution in [0.25, 0.3) is 0 Å². The molecule has 0 aliphatic carbocycles. The van der Waals surface area contributed by atoms with Gasteiger partial charge in [-0.25, -0.2) is 18.1 Å². The van der Waals surface area contributed by atoms with E-state index in [1.807, 2.05) is 6.07 Å². The average Bonchev–Trinajstić information content (AvgIpc) is 2.91. The van der Waals surface area contributed by atoms with Gasteiger partial charge in [0.25, 0.3) is 0 Å². The molecule has 0 fully saturated rings. The Labute approximate surface area is 116 Å². The highest BCUT2D eigenvalue weighted by molar-refractivity contribution is 7.89. The number of H-pyrrole nitrogens is 1. The summed E-state index contributed by atoms with van der Waals surface area (Å²) in [5.74, 6) is 0.615. The average molecular weight is 291 g/mol. The molecule has 8 heteroatoms. The monoisotopic (exact) mass is 291 g/mol. The molecule has 2 rings (SSSR count). The number of aryl methyl sites for hydroxylation is 1. The first-order chi connectivity index (χ1) is 9.53. The minimum atomic E-state index is -3.59. The van der Waals surface area contributed by atoms with Gasteiger partial charge in [-0.2, -0.15) is 10.4 Å². The van der Waals surface area contributed by atoms with Gasteiger partial charge in [0.2, 0.25) is 10.0 Å². The third-order valence-corrected chi connectivity index (χ3v) is 4.33. The SMILES string of the molecule is Cc1cc(C#N)ccc1S(=O)(=O)NCCc1ncn[nH]1. The number of aromatic amines is 1. The van der Waals surface area contributed by atoms with E-state index in [9.17, 15) is 8.42 Å². The van der Waals surface area contributed by atoms with Gasteiger partial charge >= 0.3 is 0 Å². The smallest absolute Gasteiger partial charge is 0.240 e. The van der Waals surface area contributed by atoms with Crippen LogP contribution in [-0.4, -0.2) is 30.1 Å². The van der Waals surface area contributed by atoms with Crippen molar-refractivity contribution in [3.63, 3.8) is 0 Å². The van der Waals surface area contributed by atoms with Crippen LogP contribution in [0.2, 0.25) is 0 Å². The van der Waals surface area contributed by atoms with Crippen LogP contribution in [0.1, 0.15) is 17.0 Å². The molecular formula is C12H13N5O2S. The van der Waals surface area contributed by atoms with E-state index in [2.05, 4.69) is 19.9 Å². The first-order valence-corrected chi connectivity index (χ1v) is 7.36. The molecule has 0 bridgehead atoms. The second-order valence-corrected chi connectivity index (χ2v) is 5.91. The summed E-state index contributed by atoms with van der Waals surface area (Å²) in [7, 11) is -3.59. The molecule has 2 aromatic rings. The van der Waals surface area contributed by atoms with E-state index in [0.717, 1.165) is 0 Å². The van der Waals surface area contributed by atoms with E-state index in [1.54, 1.807) is 13.0 Å². The summed E-state index contributed by atoms with van der Waals surface area (Å²) in [5.41, 5.74) is 0.972. The van der Waals surface area contributed by atoms with Crippen molar-refractivity contribution < 1.29 is 8.42 Å². The summed E-state index contributed by atoms with van der Waals surface area (Å²) < 4.78 is 26.8. The van der Waals surface area contributed by atoms with Crippen LogP contribution < -0.4 is 4.72 Å². The third-order valence-electron chi connectivity index (χ3n) is 2.71. The highest BCUT2D eigenvalue weighted by Gasteiger charge is 2.16. The van der Waals surface area contributed by atoms with Gasteiger partial charge in [0, 0.05) is 13.0 Å². The molecule has 0 atom stereocenters. The Hall–Kier alpha value is -2.24. The van der Waals surface area contributed by atoms with Crippen molar-refractivity contribution in [3.8, 4) is 6.07 Å². The normalized spacial score (nSPS) is 11.2. The summed E-state index contributed by atoms with van der Waals surface area (Å²) in [4.78, 5) is 4.09. The van der Waals surface area contributed by atoms with Gasteiger partial charge in [-0.1, -0.05) is 0 Å². The molecule has 0 aliphatic rings. The number of nitrogens with zero attached hydrogens (tertiary/aromatic N) is 3. The summed E-state index contributed by atoms with van der Waals surface area (Å²) in [5, 5.41) is 15.1. The maximum Gasteiger partial charge on any atom is 0.240 e. The number of rotatable bonds is 5. The first-order valence-electron chi connectivity index (χ1n) is 5.87. The summed E-state index contributed by atoms with van der Waals surface area (Å²) >= 11 is 0. The van der Waals surface area contributed by atoms with Gasteiger partial charge in [0.1, 0.15) is 12.2 Å². The van der Waals surface area contributed by atoms with Gasteiger partial charge in [-0.15, -0.1) is 0 Å². The zero-order valence-electron chi connectivity index (χ0n) is 10.8. The van der Waals surface area contributed by atoms with Crippen LogP contribution in [0.15, 0.2) is 29.4 Å². The molecule has 0 amide bonds. The van der Waals surface area contributed by atoms with E-state index in [4.69, 9.17) is 5.26 Å².